The number of carbonyl (C=O) groups excluding carboxylic acids is 1. The van der Waals surface area contributed by atoms with Crippen LogP contribution in [0, 0.1) is 5.82 Å². The number of rotatable bonds is 3. The van der Waals surface area contributed by atoms with Gasteiger partial charge in [0.15, 0.2) is 0 Å². The van der Waals surface area contributed by atoms with Gasteiger partial charge in [0.1, 0.15) is 11.9 Å². The molecular formula is C13H16BrFN2O2. The molecule has 6 heteroatoms. The Hall–Kier alpha value is -0.980. The van der Waals surface area contributed by atoms with Crippen molar-refractivity contribution in [2.24, 2.45) is 0 Å². The smallest absolute Gasteiger partial charge is 0.239 e. The summed E-state index contributed by atoms with van der Waals surface area (Å²) in [5.74, 6) is -0.338. The van der Waals surface area contributed by atoms with E-state index in [4.69, 9.17) is 4.74 Å². The standard InChI is InChI=1S/C13H16BrFN2O2/c1-16-13(18)12-8-19-5-4-17(12)7-9-2-3-11(15)10(14)6-9/h2-3,6,12H,4-5,7-8H2,1H3,(H,16,18). The van der Waals surface area contributed by atoms with Gasteiger partial charge in [0.05, 0.1) is 17.7 Å². The number of ether oxygens (including phenoxy) is 1. The number of nitrogens with one attached hydrogen (secondary N) is 1. The van der Waals surface area contributed by atoms with Crippen LogP contribution in [0.2, 0.25) is 0 Å². The summed E-state index contributed by atoms with van der Waals surface area (Å²) < 4.78 is 19.0. The minimum atomic E-state index is -0.289. The Labute approximate surface area is 120 Å². The molecule has 1 amide bonds. The monoisotopic (exact) mass is 330 g/mol. The maximum absolute atomic E-state index is 13.2. The van der Waals surface area contributed by atoms with Crippen molar-refractivity contribution in [2.75, 3.05) is 26.8 Å². The van der Waals surface area contributed by atoms with Crippen LogP contribution in [0.3, 0.4) is 0 Å². The molecule has 0 spiro atoms. The maximum atomic E-state index is 13.2. The van der Waals surface area contributed by atoms with Crippen LogP contribution >= 0.6 is 15.9 Å². The zero-order chi connectivity index (χ0) is 13.8. The second-order valence-electron chi connectivity index (χ2n) is 4.42. The van der Waals surface area contributed by atoms with Gasteiger partial charge in [-0.2, -0.15) is 0 Å². The summed E-state index contributed by atoms with van der Waals surface area (Å²) in [6, 6.07) is 4.61. The summed E-state index contributed by atoms with van der Waals surface area (Å²) in [7, 11) is 1.61. The summed E-state index contributed by atoms with van der Waals surface area (Å²) in [4.78, 5) is 13.8. The molecule has 2 rings (SSSR count). The van der Waals surface area contributed by atoms with E-state index < -0.39 is 0 Å². The van der Waals surface area contributed by atoms with Gasteiger partial charge in [-0.15, -0.1) is 0 Å². The third kappa shape index (κ3) is 3.52. The van der Waals surface area contributed by atoms with Crippen LogP contribution in [0.15, 0.2) is 22.7 Å². The number of morpholine rings is 1. The number of halogens is 2. The molecule has 0 aromatic heterocycles. The average molecular weight is 331 g/mol. The molecule has 1 heterocycles. The van der Waals surface area contributed by atoms with Crippen LogP contribution in [0.5, 0.6) is 0 Å². The molecule has 0 saturated carbocycles. The summed E-state index contributed by atoms with van der Waals surface area (Å²) in [5.41, 5.74) is 0.962. The van der Waals surface area contributed by atoms with Crippen molar-refractivity contribution >= 4 is 21.8 Å². The van der Waals surface area contributed by atoms with Gasteiger partial charge in [-0.1, -0.05) is 6.07 Å². The third-order valence-corrected chi connectivity index (χ3v) is 3.77. The van der Waals surface area contributed by atoms with E-state index in [-0.39, 0.29) is 17.8 Å². The van der Waals surface area contributed by atoms with Crippen molar-refractivity contribution in [1.29, 1.82) is 0 Å². The van der Waals surface area contributed by atoms with Crippen LogP contribution in [-0.4, -0.2) is 43.7 Å². The summed E-state index contributed by atoms with van der Waals surface area (Å²) in [5, 5.41) is 2.64. The Balaban J connectivity index is 2.10. The summed E-state index contributed by atoms with van der Waals surface area (Å²) in [6.07, 6.45) is 0. The van der Waals surface area contributed by atoms with E-state index in [2.05, 4.69) is 21.2 Å². The molecule has 1 aliphatic heterocycles. The van der Waals surface area contributed by atoms with E-state index >= 15 is 0 Å². The van der Waals surface area contributed by atoms with E-state index in [1.54, 1.807) is 19.2 Å². The third-order valence-electron chi connectivity index (χ3n) is 3.16. The number of hydrogen-bond donors (Lipinski definition) is 1. The van der Waals surface area contributed by atoms with Crippen LogP contribution in [0.25, 0.3) is 0 Å². The first-order valence-corrected chi connectivity index (χ1v) is 6.88. The minimum Gasteiger partial charge on any atom is -0.378 e. The predicted molar refractivity (Wildman–Crippen MR) is 73.2 cm³/mol. The van der Waals surface area contributed by atoms with Gasteiger partial charge in [0, 0.05) is 20.1 Å². The molecule has 104 valence electrons. The molecule has 1 aromatic rings. The summed E-state index contributed by atoms with van der Waals surface area (Å²) >= 11 is 3.17. The Morgan fingerprint density at radius 3 is 3.11 bits per heavy atom. The lowest BCUT2D eigenvalue weighted by atomic mass is 10.1. The topological polar surface area (TPSA) is 41.6 Å². The lowest BCUT2D eigenvalue weighted by molar-refractivity contribution is -0.132. The number of nitrogens with zero attached hydrogens (tertiary/aromatic N) is 1. The molecule has 19 heavy (non-hydrogen) atoms. The van der Waals surface area contributed by atoms with E-state index in [1.165, 1.54) is 6.07 Å². The number of hydrogen-bond acceptors (Lipinski definition) is 3. The molecule has 1 unspecified atom stereocenters. The SMILES string of the molecule is CNC(=O)C1COCCN1Cc1ccc(F)c(Br)c1. The predicted octanol–water partition coefficient (Wildman–Crippen LogP) is 1.53. The molecule has 1 fully saturated rings. The van der Waals surface area contributed by atoms with Crippen molar-refractivity contribution in [1.82, 2.24) is 10.2 Å². The van der Waals surface area contributed by atoms with Gasteiger partial charge < -0.3 is 10.1 Å². The van der Waals surface area contributed by atoms with Gasteiger partial charge in [0.2, 0.25) is 5.91 Å². The van der Waals surface area contributed by atoms with Crippen molar-refractivity contribution in [3.05, 3.63) is 34.1 Å². The highest BCUT2D eigenvalue weighted by Gasteiger charge is 2.28. The fourth-order valence-electron chi connectivity index (χ4n) is 2.11. The summed E-state index contributed by atoms with van der Waals surface area (Å²) in [6.45, 7) is 2.28. The largest absolute Gasteiger partial charge is 0.378 e. The van der Waals surface area contributed by atoms with Crippen molar-refractivity contribution in [2.45, 2.75) is 12.6 Å². The van der Waals surface area contributed by atoms with E-state index in [9.17, 15) is 9.18 Å². The molecular weight excluding hydrogens is 315 g/mol. The molecule has 1 aromatic carbocycles. The lowest BCUT2D eigenvalue weighted by Crippen LogP contribution is -2.52. The molecule has 0 radical (unpaired) electrons. The highest BCUT2D eigenvalue weighted by Crippen LogP contribution is 2.19. The molecule has 1 atom stereocenters. The zero-order valence-electron chi connectivity index (χ0n) is 10.7. The van der Waals surface area contributed by atoms with Crippen LogP contribution in [0.1, 0.15) is 5.56 Å². The molecule has 1 aliphatic rings. The fraction of sp³-hybridized carbons (Fsp3) is 0.462. The first-order chi connectivity index (χ1) is 9.11. The molecule has 0 aliphatic carbocycles. The second-order valence-corrected chi connectivity index (χ2v) is 5.28. The first-order valence-electron chi connectivity index (χ1n) is 6.09. The molecule has 0 bridgehead atoms. The van der Waals surface area contributed by atoms with Crippen LogP contribution < -0.4 is 5.32 Å². The number of benzene rings is 1. The first kappa shape index (κ1) is 14.4. The van der Waals surface area contributed by atoms with Crippen LogP contribution in [0.4, 0.5) is 4.39 Å². The number of likely N-dealkylation sites (N-methyl/N-ethyl adjacent to an activating group) is 1. The molecule has 1 N–H and O–H groups in total. The maximum Gasteiger partial charge on any atom is 0.239 e. The quantitative estimate of drug-likeness (QED) is 0.914. The Bertz CT molecular complexity index is 470. The van der Waals surface area contributed by atoms with E-state index in [0.29, 0.717) is 30.8 Å². The van der Waals surface area contributed by atoms with Gasteiger partial charge in [-0.3, -0.25) is 9.69 Å². The second kappa shape index (κ2) is 6.45. The van der Waals surface area contributed by atoms with Gasteiger partial charge in [-0.25, -0.2) is 4.39 Å². The fourth-order valence-corrected chi connectivity index (χ4v) is 2.53. The van der Waals surface area contributed by atoms with Crippen molar-refractivity contribution in [3.63, 3.8) is 0 Å². The molecule has 1 saturated heterocycles. The van der Waals surface area contributed by atoms with Crippen molar-refractivity contribution < 1.29 is 13.9 Å². The number of carbonyl (C=O) groups is 1. The average Bonchev–Trinajstić information content (AvgIpc) is 2.43. The molecule has 4 nitrogen and oxygen atoms in total. The van der Waals surface area contributed by atoms with Gasteiger partial charge in [0.25, 0.3) is 0 Å². The van der Waals surface area contributed by atoms with Gasteiger partial charge in [-0.05, 0) is 33.6 Å². The van der Waals surface area contributed by atoms with Gasteiger partial charge >= 0.3 is 0 Å². The Morgan fingerprint density at radius 2 is 2.42 bits per heavy atom. The highest BCUT2D eigenvalue weighted by molar-refractivity contribution is 9.10. The minimum absolute atomic E-state index is 0.0547. The lowest BCUT2D eigenvalue weighted by Gasteiger charge is -2.34. The van der Waals surface area contributed by atoms with E-state index in [1.807, 2.05) is 4.90 Å². The Kier molecular flexibility index (Phi) is 4.90. The van der Waals surface area contributed by atoms with Crippen LogP contribution in [-0.2, 0) is 16.1 Å². The van der Waals surface area contributed by atoms with Crippen molar-refractivity contribution in [3.8, 4) is 0 Å². The number of amides is 1. The normalized spacial score (nSPS) is 20.3. The van der Waals surface area contributed by atoms with E-state index in [0.717, 1.165) is 5.56 Å². The Morgan fingerprint density at radius 1 is 1.63 bits per heavy atom. The zero-order valence-corrected chi connectivity index (χ0v) is 12.2. The highest BCUT2D eigenvalue weighted by atomic mass is 79.9.